The molecule has 0 saturated carbocycles. The van der Waals surface area contributed by atoms with Crippen LogP contribution in [-0.4, -0.2) is 76.9 Å². The molecule has 2 fully saturated rings. The molecule has 0 unspecified atom stereocenters. The largest absolute Gasteiger partial charge is 0.357 e. The van der Waals surface area contributed by atoms with Gasteiger partial charge in [0.15, 0.2) is 0 Å². The number of carbonyl (C=O) groups is 2. The van der Waals surface area contributed by atoms with Crippen LogP contribution in [0.4, 0.5) is 18.4 Å². The molecule has 3 heterocycles. The lowest BCUT2D eigenvalue weighted by Crippen LogP contribution is -2.63. The van der Waals surface area contributed by atoms with Crippen molar-refractivity contribution in [3.8, 4) is 0 Å². The zero-order chi connectivity index (χ0) is 21.5. The van der Waals surface area contributed by atoms with E-state index in [1.807, 2.05) is 18.2 Å². The SMILES string of the molecule is CN(C(=O)NCc1cc2cc(Cl)ccc2[nH]1)[C@@H]1CCCN(C(=O)N2CC(F)(F)C2)C1. The normalized spacial score (nSPS) is 20.7. The van der Waals surface area contributed by atoms with E-state index in [1.54, 1.807) is 22.9 Å². The zero-order valence-corrected chi connectivity index (χ0v) is 17.4. The minimum Gasteiger partial charge on any atom is -0.357 e. The van der Waals surface area contributed by atoms with Crippen LogP contribution in [-0.2, 0) is 6.54 Å². The number of hydrogen-bond donors (Lipinski definition) is 2. The second-order valence-corrected chi connectivity index (χ2v) is 8.47. The molecule has 1 aromatic heterocycles. The summed E-state index contributed by atoms with van der Waals surface area (Å²) in [7, 11) is 1.69. The maximum Gasteiger partial charge on any atom is 0.320 e. The molecule has 2 N–H and O–H groups in total. The first-order chi connectivity index (χ1) is 14.2. The van der Waals surface area contributed by atoms with Crippen LogP contribution >= 0.6 is 11.6 Å². The summed E-state index contributed by atoms with van der Waals surface area (Å²) in [6.45, 7) is 0.131. The van der Waals surface area contributed by atoms with Crippen LogP contribution in [0, 0.1) is 0 Å². The Labute approximate surface area is 177 Å². The van der Waals surface area contributed by atoms with Gasteiger partial charge in [-0.2, -0.15) is 0 Å². The molecule has 2 aliphatic rings. The number of likely N-dealkylation sites (N-methyl/N-ethyl adjacent to an activating group) is 1. The number of H-pyrrole nitrogens is 1. The molecular formula is C20H24ClF2N5O2. The highest BCUT2D eigenvalue weighted by atomic mass is 35.5. The van der Waals surface area contributed by atoms with E-state index in [0.717, 1.165) is 34.3 Å². The van der Waals surface area contributed by atoms with E-state index < -0.39 is 19.0 Å². The first-order valence-electron chi connectivity index (χ1n) is 9.91. The number of fused-ring (bicyclic) bond motifs is 1. The summed E-state index contributed by atoms with van der Waals surface area (Å²) in [4.78, 5) is 32.6. The van der Waals surface area contributed by atoms with E-state index >= 15 is 0 Å². The molecule has 162 valence electrons. The van der Waals surface area contributed by atoms with Crippen LogP contribution in [0.1, 0.15) is 18.5 Å². The van der Waals surface area contributed by atoms with Crippen molar-refractivity contribution in [2.45, 2.75) is 31.4 Å². The third kappa shape index (κ3) is 4.30. The summed E-state index contributed by atoms with van der Waals surface area (Å²) in [5, 5.41) is 4.50. The van der Waals surface area contributed by atoms with Crippen LogP contribution in [0.2, 0.25) is 5.02 Å². The van der Waals surface area contributed by atoms with Crippen molar-refractivity contribution in [1.82, 2.24) is 25.0 Å². The highest BCUT2D eigenvalue weighted by molar-refractivity contribution is 6.31. The quantitative estimate of drug-likeness (QED) is 0.768. The minimum absolute atomic E-state index is 0.161. The average Bonchev–Trinajstić information content (AvgIpc) is 3.11. The third-order valence-corrected chi connectivity index (χ3v) is 5.95. The fourth-order valence-electron chi connectivity index (χ4n) is 4.01. The predicted molar refractivity (Wildman–Crippen MR) is 110 cm³/mol. The van der Waals surface area contributed by atoms with Crippen molar-refractivity contribution in [2.24, 2.45) is 0 Å². The third-order valence-electron chi connectivity index (χ3n) is 5.72. The Morgan fingerprint density at radius 2 is 2.07 bits per heavy atom. The molecule has 0 bridgehead atoms. The summed E-state index contributed by atoms with van der Waals surface area (Å²) in [5.74, 6) is -2.78. The maximum absolute atomic E-state index is 13.1. The number of carbonyl (C=O) groups excluding carboxylic acids is 2. The number of benzene rings is 1. The molecule has 7 nitrogen and oxygen atoms in total. The Balaban J connectivity index is 1.31. The topological polar surface area (TPSA) is 71.7 Å². The number of likely N-dealkylation sites (tertiary alicyclic amines) is 2. The van der Waals surface area contributed by atoms with Crippen molar-refractivity contribution < 1.29 is 18.4 Å². The van der Waals surface area contributed by atoms with Gasteiger partial charge in [0.1, 0.15) is 0 Å². The molecule has 1 aromatic carbocycles. The first-order valence-corrected chi connectivity index (χ1v) is 10.3. The van der Waals surface area contributed by atoms with Gasteiger partial charge in [-0.3, -0.25) is 0 Å². The molecule has 10 heteroatoms. The summed E-state index contributed by atoms with van der Waals surface area (Å²) in [6, 6.07) is 6.69. The van der Waals surface area contributed by atoms with Crippen molar-refractivity contribution in [3.05, 3.63) is 35.0 Å². The monoisotopic (exact) mass is 439 g/mol. The van der Waals surface area contributed by atoms with E-state index in [9.17, 15) is 18.4 Å². The standard InChI is InChI=1S/C20H24ClF2N5O2/c1-26(16-3-2-6-27(10-16)19(30)28-11-20(22,23)12-28)18(29)24-9-15-8-13-7-14(21)4-5-17(13)25-15/h4-5,7-8,16,25H,2-3,6,9-12H2,1H3,(H,24,29)/t16-/m1/s1. The van der Waals surface area contributed by atoms with Crippen LogP contribution in [0.3, 0.4) is 0 Å². The van der Waals surface area contributed by atoms with Gasteiger partial charge in [-0.15, -0.1) is 0 Å². The van der Waals surface area contributed by atoms with Crippen LogP contribution < -0.4 is 5.32 Å². The Hall–Kier alpha value is -2.55. The molecule has 0 radical (unpaired) electrons. The summed E-state index contributed by atoms with van der Waals surface area (Å²) < 4.78 is 26.1. The molecule has 0 aliphatic carbocycles. The molecule has 2 aromatic rings. The molecule has 30 heavy (non-hydrogen) atoms. The number of aromatic amines is 1. The van der Waals surface area contributed by atoms with E-state index in [1.165, 1.54) is 0 Å². The highest BCUT2D eigenvalue weighted by Crippen LogP contribution is 2.28. The van der Waals surface area contributed by atoms with Crippen molar-refractivity contribution >= 4 is 34.6 Å². The van der Waals surface area contributed by atoms with E-state index in [2.05, 4.69) is 10.3 Å². The molecule has 4 rings (SSSR count). The lowest BCUT2D eigenvalue weighted by atomic mass is 10.0. The van der Waals surface area contributed by atoms with Gasteiger partial charge in [0.05, 0.1) is 25.7 Å². The van der Waals surface area contributed by atoms with Gasteiger partial charge in [0, 0.05) is 41.8 Å². The Morgan fingerprint density at radius 3 is 2.80 bits per heavy atom. The van der Waals surface area contributed by atoms with Crippen LogP contribution in [0.15, 0.2) is 24.3 Å². The fourth-order valence-corrected chi connectivity index (χ4v) is 4.19. The fraction of sp³-hybridized carbons (Fsp3) is 0.500. The number of rotatable bonds is 3. The Bertz CT molecular complexity index is 958. The molecule has 2 aliphatic heterocycles. The second kappa shape index (κ2) is 7.94. The van der Waals surface area contributed by atoms with Crippen molar-refractivity contribution in [2.75, 3.05) is 33.2 Å². The van der Waals surface area contributed by atoms with Crippen LogP contribution in [0.25, 0.3) is 10.9 Å². The van der Waals surface area contributed by atoms with E-state index in [0.29, 0.717) is 24.7 Å². The second-order valence-electron chi connectivity index (χ2n) is 8.03. The number of alkyl halides is 2. The smallest absolute Gasteiger partial charge is 0.320 e. The summed E-state index contributed by atoms with van der Waals surface area (Å²) in [6.07, 6.45) is 1.48. The van der Waals surface area contributed by atoms with Gasteiger partial charge in [-0.05, 0) is 37.1 Å². The number of nitrogens with zero attached hydrogens (tertiary/aromatic N) is 3. The number of aromatic nitrogens is 1. The zero-order valence-electron chi connectivity index (χ0n) is 16.6. The molecule has 0 spiro atoms. The number of halogens is 3. The van der Waals surface area contributed by atoms with Crippen LogP contribution in [0.5, 0.6) is 0 Å². The van der Waals surface area contributed by atoms with Gasteiger partial charge in [0.2, 0.25) is 0 Å². The Kier molecular flexibility index (Phi) is 5.48. The maximum atomic E-state index is 13.1. The van der Waals surface area contributed by atoms with Gasteiger partial charge in [0.25, 0.3) is 5.92 Å². The lowest BCUT2D eigenvalue weighted by molar-refractivity contribution is -0.114. The molecular weight excluding hydrogens is 416 g/mol. The molecule has 1 atom stereocenters. The number of amides is 4. The van der Waals surface area contributed by atoms with Gasteiger partial charge < -0.3 is 25.0 Å². The molecule has 2 saturated heterocycles. The molecule has 4 amide bonds. The lowest BCUT2D eigenvalue weighted by Gasteiger charge is -2.44. The van der Waals surface area contributed by atoms with Gasteiger partial charge in [-0.1, -0.05) is 11.6 Å². The first kappa shape index (κ1) is 20.7. The number of nitrogens with one attached hydrogen (secondary N) is 2. The van der Waals surface area contributed by atoms with Gasteiger partial charge >= 0.3 is 12.1 Å². The van der Waals surface area contributed by atoms with Crippen molar-refractivity contribution in [3.63, 3.8) is 0 Å². The minimum atomic E-state index is -2.78. The van der Waals surface area contributed by atoms with Gasteiger partial charge in [-0.25, -0.2) is 18.4 Å². The van der Waals surface area contributed by atoms with E-state index in [-0.39, 0.29) is 18.1 Å². The summed E-state index contributed by atoms with van der Waals surface area (Å²) in [5.41, 5.74) is 1.79. The van der Waals surface area contributed by atoms with Crippen molar-refractivity contribution in [1.29, 1.82) is 0 Å². The average molecular weight is 440 g/mol. The van der Waals surface area contributed by atoms with E-state index in [4.69, 9.17) is 11.6 Å². The highest BCUT2D eigenvalue weighted by Gasteiger charge is 2.47. The summed E-state index contributed by atoms with van der Waals surface area (Å²) >= 11 is 6.01. The number of urea groups is 2. The number of piperidine rings is 1. The number of hydrogen-bond acceptors (Lipinski definition) is 2. The Morgan fingerprint density at radius 1 is 1.30 bits per heavy atom. The predicted octanol–water partition coefficient (Wildman–Crippen LogP) is 3.50.